The Kier molecular flexibility index (Phi) is 4.46. The predicted molar refractivity (Wildman–Crippen MR) is 100 cm³/mol. The van der Waals surface area contributed by atoms with E-state index in [1.54, 1.807) is 10.7 Å². The third-order valence-electron chi connectivity index (χ3n) is 4.95. The van der Waals surface area contributed by atoms with E-state index in [-0.39, 0.29) is 11.4 Å². The van der Waals surface area contributed by atoms with Crippen LogP contribution in [0.1, 0.15) is 31.2 Å². The van der Waals surface area contributed by atoms with Crippen LogP contribution in [0.2, 0.25) is 0 Å². The fraction of sp³-hybridized carbons (Fsp3) is 0.389. The Morgan fingerprint density at radius 1 is 1.31 bits per heavy atom. The van der Waals surface area contributed by atoms with Crippen molar-refractivity contribution in [3.8, 4) is 11.3 Å². The summed E-state index contributed by atoms with van der Waals surface area (Å²) in [6, 6.07) is 5.81. The Morgan fingerprint density at radius 2 is 2.15 bits per heavy atom. The first-order valence-electron chi connectivity index (χ1n) is 8.68. The summed E-state index contributed by atoms with van der Waals surface area (Å²) in [6.45, 7) is 2.00. The van der Waals surface area contributed by atoms with Crippen LogP contribution in [0.3, 0.4) is 0 Å². The monoisotopic (exact) mass is 371 g/mol. The first kappa shape index (κ1) is 17.1. The van der Waals surface area contributed by atoms with Crippen LogP contribution in [0.25, 0.3) is 16.9 Å². The number of benzene rings is 1. The molecule has 2 aromatic heterocycles. The zero-order valence-corrected chi connectivity index (χ0v) is 15.3. The Labute approximate surface area is 153 Å². The van der Waals surface area contributed by atoms with Gasteiger partial charge in [0.2, 0.25) is 0 Å². The van der Waals surface area contributed by atoms with Gasteiger partial charge in [-0.05, 0) is 50.3 Å². The molecule has 26 heavy (non-hydrogen) atoms. The molecule has 1 fully saturated rings. The molecule has 3 N–H and O–H groups in total. The minimum absolute atomic E-state index is 0.00513. The van der Waals surface area contributed by atoms with Gasteiger partial charge in [-0.25, -0.2) is 14.5 Å². The average molecular weight is 371 g/mol. The number of aliphatic hydroxyl groups excluding tert-OH is 1. The van der Waals surface area contributed by atoms with Crippen molar-refractivity contribution in [3.05, 3.63) is 36.3 Å². The van der Waals surface area contributed by atoms with Crippen LogP contribution in [0, 0.1) is 6.92 Å². The van der Waals surface area contributed by atoms with Gasteiger partial charge in [-0.3, -0.25) is 4.21 Å². The summed E-state index contributed by atoms with van der Waals surface area (Å²) in [4.78, 5) is 9.04. The van der Waals surface area contributed by atoms with Gasteiger partial charge in [0.25, 0.3) is 0 Å². The molecule has 1 aliphatic rings. The summed E-state index contributed by atoms with van der Waals surface area (Å²) >= 11 is 0. The second-order valence-corrected chi connectivity index (χ2v) is 8.47. The van der Waals surface area contributed by atoms with Gasteiger partial charge < -0.3 is 10.8 Å². The second-order valence-electron chi connectivity index (χ2n) is 6.74. The third-order valence-corrected chi connectivity index (χ3v) is 6.70. The van der Waals surface area contributed by atoms with E-state index in [0.717, 1.165) is 41.0 Å². The molecule has 0 radical (unpaired) electrons. The maximum Gasteiger partial charge on any atom is 0.197 e. The number of aliphatic hydroxyl groups is 1. The van der Waals surface area contributed by atoms with E-state index >= 15 is 0 Å². The number of anilines is 1. The molecule has 3 atom stereocenters. The lowest BCUT2D eigenvalue weighted by Crippen LogP contribution is -2.27. The van der Waals surface area contributed by atoms with Crippen molar-refractivity contribution in [3.63, 3.8) is 0 Å². The molecule has 2 heterocycles. The van der Waals surface area contributed by atoms with Crippen LogP contribution in [-0.2, 0) is 10.8 Å². The van der Waals surface area contributed by atoms with Gasteiger partial charge in [0.05, 0.1) is 28.8 Å². The largest absolute Gasteiger partial charge is 0.393 e. The van der Waals surface area contributed by atoms with E-state index in [4.69, 9.17) is 5.73 Å². The van der Waals surface area contributed by atoms with Crippen LogP contribution in [0.15, 0.2) is 35.6 Å². The molecule has 0 aliphatic heterocycles. The molecule has 1 saturated carbocycles. The molecule has 3 unspecified atom stereocenters. The van der Waals surface area contributed by atoms with Gasteiger partial charge in [0.15, 0.2) is 11.5 Å². The summed E-state index contributed by atoms with van der Waals surface area (Å²) in [5.74, 6) is 0.319. The zero-order chi connectivity index (χ0) is 18.3. The highest BCUT2D eigenvalue weighted by molar-refractivity contribution is 7.85. The van der Waals surface area contributed by atoms with Crippen molar-refractivity contribution in [2.75, 3.05) is 5.73 Å². The Morgan fingerprint density at radius 3 is 2.96 bits per heavy atom. The smallest absolute Gasteiger partial charge is 0.197 e. The number of hydrogen-bond donors (Lipinski definition) is 2. The van der Waals surface area contributed by atoms with Crippen LogP contribution < -0.4 is 5.73 Å². The van der Waals surface area contributed by atoms with Gasteiger partial charge >= 0.3 is 0 Å². The number of aryl methyl sites for hydroxylation is 1. The lowest BCUT2D eigenvalue weighted by atomic mass is 9.97. The number of aromatic nitrogens is 4. The summed E-state index contributed by atoms with van der Waals surface area (Å²) in [5.41, 5.74) is 9.11. The van der Waals surface area contributed by atoms with Crippen molar-refractivity contribution >= 4 is 22.3 Å². The highest BCUT2D eigenvalue weighted by atomic mass is 32.2. The SMILES string of the molecule is Cc1ccc(S(=O)C2CCCC(O)C2)cc1-c1cnc2c(N)ncnn12. The van der Waals surface area contributed by atoms with Crippen LogP contribution in [0.5, 0.6) is 0 Å². The van der Waals surface area contributed by atoms with E-state index in [9.17, 15) is 9.32 Å². The molecule has 7 nitrogen and oxygen atoms in total. The molecule has 0 amide bonds. The summed E-state index contributed by atoms with van der Waals surface area (Å²) in [7, 11) is -1.16. The van der Waals surface area contributed by atoms with Crippen molar-refractivity contribution in [1.82, 2.24) is 19.6 Å². The standard InChI is InChI=1S/C18H21N5O2S/c1-11-5-6-14(26(25)13-4-2-3-12(24)7-13)8-15(11)16-9-20-18-17(19)21-10-22-23(16)18/h5-6,8-10,12-13,24H,2-4,7H2,1H3,(H2,19,21,22). The minimum Gasteiger partial charge on any atom is -0.393 e. The normalized spacial score (nSPS) is 21.8. The topological polar surface area (TPSA) is 106 Å². The summed E-state index contributed by atoms with van der Waals surface area (Å²) < 4.78 is 14.7. The van der Waals surface area contributed by atoms with E-state index in [1.165, 1.54) is 6.33 Å². The number of nitrogens with two attached hydrogens (primary N) is 1. The molecule has 3 aromatic rings. The van der Waals surface area contributed by atoms with Crippen LogP contribution >= 0.6 is 0 Å². The predicted octanol–water partition coefficient (Wildman–Crippen LogP) is 2.09. The minimum atomic E-state index is -1.16. The fourth-order valence-electron chi connectivity index (χ4n) is 3.53. The number of fused-ring (bicyclic) bond motifs is 1. The van der Waals surface area contributed by atoms with Gasteiger partial charge in [-0.15, -0.1) is 0 Å². The highest BCUT2D eigenvalue weighted by Gasteiger charge is 2.26. The van der Waals surface area contributed by atoms with Gasteiger partial charge in [0, 0.05) is 15.7 Å². The molecule has 8 heteroatoms. The maximum absolute atomic E-state index is 13.0. The summed E-state index contributed by atoms with van der Waals surface area (Å²) in [6.07, 6.45) is 5.95. The number of nitrogens with zero attached hydrogens (tertiary/aromatic N) is 4. The molecular formula is C18H21N5O2S. The molecule has 136 valence electrons. The Bertz CT molecular complexity index is 987. The molecule has 1 aliphatic carbocycles. The van der Waals surface area contributed by atoms with E-state index < -0.39 is 10.8 Å². The van der Waals surface area contributed by atoms with E-state index in [0.29, 0.717) is 17.9 Å². The maximum atomic E-state index is 13.0. The zero-order valence-electron chi connectivity index (χ0n) is 14.5. The Balaban J connectivity index is 1.74. The second kappa shape index (κ2) is 6.77. The average Bonchev–Trinajstić information content (AvgIpc) is 3.07. The van der Waals surface area contributed by atoms with Crippen LogP contribution in [-0.4, -0.2) is 40.3 Å². The number of nitrogen functional groups attached to an aromatic ring is 1. The van der Waals surface area contributed by atoms with Gasteiger partial charge in [-0.1, -0.05) is 6.07 Å². The number of imidazole rings is 1. The van der Waals surface area contributed by atoms with E-state index in [1.807, 2.05) is 25.1 Å². The van der Waals surface area contributed by atoms with Crippen molar-refractivity contribution in [2.45, 2.75) is 48.9 Å². The quantitative estimate of drug-likeness (QED) is 0.730. The Hall–Kier alpha value is -2.32. The third kappa shape index (κ3) is 2.99. The molecule has 0 bridgehead atoms. The van der Waals surface area contributed by atoms with Crippen molar-refractivity contribution in [2.24, 2.45) is 0 Å². The summed E-state index contributed by atoms with van der Waals surface area (Å²) in [5, 5.41) is 14.1. The molecule has 0 saturated heterocycles. The van der Waals surface area contributed by atoms with Crippen molar-refractivity contribution in [1.29, 1.82) is 0 Å². The van der Waals surface area contributed by atoms with Crippen LogP contribution in [0.4, 0.5) is 5.82 Å². The van der Waals surface area contributed by atoms with Crippen molar-refractivity contribution < 1.29 is 9.32 Å². The number of hydrogen-bond acceptors (Lipinski definition) is 6. The molecule has 0 spiro atoms. The molecule has 1 aromatic carbocycles. The first-order chi connectivity index (χ1) is 12.5. The lowest BCUT2D eigenvalue weighted by Gasteiger charge is -2.25. The number of rotatable bonds is 3. The lowest BCUT2D eigenvalue weighted by molar-refractivity contribution is 0.132. The highest BCUT2D eigenvalue weighted by Crippen LogP contribution is 2.30. The molecule has 4 rings (SSSR count). The fourth-order valence-corrected chi connectivity index (χ4v) is 5.13. The van der Waals surface area contributed by atoms with E-state index in [2.05, 4.69) is 15.1 Å². The van der Waals surface area contributed by atoms with Gasteiger partial charge in [-0.2, -0.15) is 5.10 Å². The van der Waals surface area contributed by atoms with Gasteiger partial charge in [0.1, 0.15) is 6.33 Å². The molecular weight excluding hydrogens is 350 g/mol. The first-order valence-corrected chi connectivity index (χ1v) is 9.90.